The number of amides is 1. The summed E-state index contributed by atoms with van der Waals surface area (Å²) in [7, 11) is 0. The number of hydrogen-bond acceptors (Lipinski definition) is 5. The SMILES string of the molecule is Cc1cc(C)n(CC(=O)N2CCCCC2(C)c2noc(C3CC3)n2)n1. The topological polar surface area (TPSA) is 77.0 Å². The van der Waals surface area contributed by atoms with Crippen LogP contribution in [0.25, 0.3) is 0 Å². The van der Waals surface area contributed by atoms with Crippen molar-refractivity contribution in [3.05, 3.63) is 29.2 Å². The van der Waals surface area contributed by atoms with E-state index in [2.05, 4.69) is 22.2 Å². The molecule has 3 heterocycles. The Morgan fingerprint density at radius 3 is 2.84 bits per heavy atom. The van der Waals surface area contributed by atoms with Crippen molar-refractivity contribution in [2.75, 3.05) is 6.54 Å². The van der Waals surface area contributed by atoms with Gasteiger partial charge in [0.25, 0.3) is 0 Å². The van der Waals surface area contributed by atoms with E-state index in [1.165, 1.54) is 0 Å². The van der Waals surface area contributed by atoms with E-state index in [9.17, 15) is 4.79 Å². The van der Waals surface area contributed by atoms with Crippen LogP contribution in [-0.2, 0) is 16.9 Å². The fourth-order valence-corrected chi connectivity index (χ4v) is 3.75. The third kappa shape index (κ3) is 2.96. The molecule has 1 atom stereocenters. The van der Waals surface area contributed by atoms with Gasteiger partial charge in [-0.25, -0.2) is 0 Å². The van der Waals surface area contributed by atoms with Crippen molar-refractivity contribution in [1.29, 1.82) is 0 Å². The average molecular weight is 343 g/mol. The molecule has 1 saturated heterocycles. The predicted molar refractivity (Wildman–Crippen MR) is 90.9 cm³/mol. The van der Waals surface area contributed by atoms with E-state index in [-0.39, 0.29) is 12.5 Å². The second kappa shape index (κ2) is 5.97. The standard InChI is InChI=1S/C18H25N5O2/c1-12-10-13(2)23(20-12)11-15(24)22-9-5-4-8-18(22,3)17-19-16(25-21-17)14-6-7-14/h10,14H,4-9,11H2,1-3H3. The molecule has 4 rings (SSSR count). The predicted octanol–water partition coefficient (Wildman–Crippen LogP) is 2.69. The molecule has 7 heteroatoms. The number of hydrogen-bond donors (Lipinski definition) is 0. The second-order valence-electron chi connectivity index (χ2n) is 7.59. The maximum Gasteiger partial charge on any atom is 0.245 e. The number of aryl methyl sites for hydroxylation is 2. The first-order chi connectivity index (χ1) is 12.0. The Morgan fingerprint density at radius 1 is 1.36 bits per heavy atom. The number of nitrogens with zero attached hydrogens (tertiary/aromatic N) is 5. The zero-order valence-electron chi connectivity index (χ0n) is 15.2. The number of carbonyl (C=O) groups is 1. The van der Waals surface area contributed by atoms with Crippen molar-refractivity contribution in [2.24, 2.45) is 0 Å². The Kier molecular flexibility index (Phi) is 3.89. The van der Waals surface area contributed by atoms with Gasteiger partial charge in [-0.3, -0.25) is 9.48 Å². The van der Waals surface area contributed by atoms with Gasteiger partial charge in [-0.15, -0.1) is 0 Å². The van der Waals surface area contributed by atoms with Gasteiger partial charge in [0.2, 0.25) is 11.8 Å². The van der Waals surface area contributed by atoms with Crippen LogP contribution < -0.4 is 0 Å². The molecule has 2 aliphatic rings. The highest BCUT2D eigenvalue weighted by molar-refractivity contribution is 5.77. The average Bonchev–Trinajstić information content (AvgIpc) is 3.21. The minimum absolute atomic E-state index is 0.0613. The van der Waals surface area contributed by atoms with E-state index in [1.807, 2.05) is 24.8 Å². The van der Waals surface area contributed by atoms with Crippen molar-refractivity contribution < 1.29 is 9.32 Å². The minimum atomic E-state index is -0.498. The quantitative estimate of drug-likeness (QED) is 0.853. The van der Waals surface area contributed by atoms with Crippen LogP contribution >= 0.6 is 0 Å². The molecule has 1 amide bonds. The Bertz CT molecular complexity index is 791. The maximum absolute atomic E-state index is 13.0. The van der Waals surface area contributed by atoms with Gasteiger partial charge in [-0.05, 0) is 58.9 Å². The highest BCUT2D eigenvalue weighted by atomic mass is 16.5. The zero-order valence-corrected chi connectivity index (χ0v) is 15.2. The zero-order chi connectivity index (χ0) is 17.6. The molecule has 25 heavy (non-hydrogen) atoms. The molecule has 2 fully saturated rings. The van der Waals surface area contributed by atoms with Crippen molar-refractivity contribution in [2.45, 2.75) is 70.9 Å². The lowest BCUT2D eigenvalue weighted by Gasteiger charge is -2.42. The summed E-state index contributed by atoms with van der Waals surface area (Å²) >= 11 is 0. The van der Waals surface area contributed by atoms with Gasteiger partial charge < -0.3 is 9.42 Å². The number of aromatic nitrogens is 4. The van der Waals surface area contributed by atoms with Gasteiger partial charge in [-0.1, -0.05) is 5.16 Å². The lowest BCUT2D eigenvalue weighted by Crippen LogP contribution is -2.52. The summed E-state index contributed by atoms with van der Waals surface area (Å²) in [5.74, 6) is 1.86. The van der Waals surface area contributed by atoms with Crippen LogP contribution in [0.5, 0.6) is 0 Å². The fourth-order valence-electron chi connectivity index (χ4n) is 3.75. The molecule has 0 radical (unpaired) electrons. The summed E-state index contributed by atoms with van der Waals surface area (Å²) in [6.45, 7) is 6.96. The van der Waals surface area contributed by atoms with Crippen molar-refractivity contribution in [3.8, 4) is 0 Å². The third-order valence-electron chi connectivity index (χ3n) is 5.43. The monoisotopic (exact) mass is 343 g/mol. The lowest BCUT2D eigenvalue weighted by molar-refractivity contribution is -0.141. The van der Waals surface area contributed by atoms with Crippen molar-refractivity contribution in [1.82, 2.24) is 24.8 Å². The van der Waals surface area contributed by atoms with Crippen LogP contribution in [0.15, 0.2) is 10.6 Å². The Balaban J connectivity index is 1.58. The third-order valence-corrected chi connectivity index (χ3v) is 5.43. The molecule has 1 unspecified atom stereocenters. The van der Waals surface area contributed by atoms with Crippen molar-refractivity contribution >= 4 is 5.91 Å². The first kappa shape index (κ1) is 16.3. The summed E-state index contributed by atoms with van der Waals surface area (Å²) in [4.78, 5) is 19.6. The number of piperidine rings is 1. The van der Waals surface area contributed by atoms with Crippen LogP contribution in [0.1, 0.15) is 68.0 Å². The van der Waals surface area contributed by atoms with Crippen LogP contribution in [0.2, 0.25) is 0 Å². The highest BCUT2D eigenvalue weighted by Crippen LogP contribution is 2.41. The van der Waals surface area contributed by atoms with Gasteiger partial charge in [0.1, 0.15) is 12.1 Å². The van der Waals surface area contributed by atoms with E-state index < -0.39 is 5.54 Å². The first-order valence-electron chi connectivity index (χ1n) is 9.13. The molecule has 0 aromatic carbocycles. The summed E-state index contributed by atoms with van der Waals surface area (Å²) in [6.07, 6.45) is 5.18. The van der Waals surface area contributed by atoms with Crippen LogP contribution in [0.4, 0.5) is 0 Å². The van der Waals surface area contributed by atoms with E-state index in [0.717, 1.165) is 55.9 Å². The fraction of sp³-hybridized carbons (Fsp3) is 0.667. The Labute approximate surface area is 147 Å². The van der Waals surface area contributed by atoms with Gasteiger partial charge in [0.05, 0.1) is 5.69 Å². The largest absolute Gasteiger partial charge is 0.339 e. The summed E-state index contributed by atoms with van der Waals surface area (Å²) in [5.41, 5.74) is 1.43. The van der Waals surface area contributed by atoms with Gasteiger partial charge in [0, 0.05) is 18.2 Å². The Morgan fingerprint density at radius 2 is 2.16 bits per heavy atom. The molecular formula is C18H25N5O2. The summed E-state index contributed by atoms with van der Waals surface area (Å²) < 4.78 is 7.24. The normalized spacial score (nSPS) is 23.9. The van der Waals surface area contributed by atoms with Crippen molar-refractivity contribution in [3.63, 3.8) is 0 Å². The first-order valence-corrected chi connectivity index (χ1v) is 9.13. The van der Waals surface area contributed by atoms with Crippen LogP contribution in [0.3, 0.4) is 0 Å². The van der Waals surface area contributed by atoms with E-state index in [4.69, 9.17) is 4.52 Å². The van der Waals surface area contributed by atoms with Crippen LogP contribution in [0, 0.1) is 13.8 Å². The van der Waals surface area contributed by atoms with Crippen LogP contribution in [-0.4, -0.2) is 37.3 Å². The lowest BCUT2D eigenvalue weighted by atomic mass is 9.87. The molecule has 1 saturated carbocycles. The number of rotatable bonds is 4. The molecule has 0 N–H and O–H groups in total. The van der Waals surface area contributed by atoms with E-state index in [1.54, 1.807) is 4.68 Å². The Hall–Kier alpha value is -2.18. The molecule has 2 aromatic rings. The second-order valence-corrected chi connectivity index (χ2v) is 7.59. The molecule has 0 bridgehead atoms. The molecular weight excluding hydrogens is 318 g/mol. The minimum Gasteiger partial charge on any atom is -0.339 e. The molecule has 1 aliphatic heterocycles. The number of carbonyl (C=O) groups excluding carboxylic acids is 1. The van der Waals surface area contributed by atoms with E-state index >= 15 is 0 Å². The highest BCUT2D eigenvalue weighted by Gasteiger charge is 2.43. The van der Waals surface area contributed by atoms with E-state index in [0.29, 0.717) is 11.7 Å². The summed E-state index contributed by atoms with van der Waals surface area (Å²) in [5, 5.41) is 8.65. The summed E-state index contributed by atoms with van der Waals surface area (Å²) in [6, 6.07) is 1.99. The number of likely N-dealkylation sites (tertiary alicyclic amines) is 1. The maximum atomic E-state index is 13.0. The molecule has 1 aliphatic carbocycles. The molecule has 0 spiro atoms. The molecule has 2 aromatic heterocycles. The molecule has 134 valence electrons. The smallest absolute Gasteiger partial charge is 0.245 e. The molecule has 7 nitrogen and oxygen atoms in total. The van der Waals surface area contributed by atoms with Gasteiger partial charge >= 0.3 is 0 Å². The van der Waals surface area contributed by atoms with Gasteiger partial charge in [0.15, 0.2) is 5.82 Å². The van der Waals surface area contributed by atoms with Gasteiger partial charge in [-0.2, -0.15) is 10.1 Å².